The van der Waals surface area contributed by atoms with E-state index in [1.54, 1.807) is 7.05 Å². The fourth-order valence-corrected chi connectivity index (χ4v) is 3.51. The Balaban J connectivity index is 1.83. The van der Waals surface area contributed by atoms with Gasteiger partial charge >= 0.3 is 0 Å². The zero-order valence-corrected chi connectivity index (χ0v) is 13.2. The van der Waals surface area contributed by atoms with Gasteiger partial charge in [-0.1, -0.05) is 25.7 Å². The summed E-state index contributed by atoms with van der Waals surface area (Å²) in [6.45, 7) is 0.663. The summed E-state index contributed by atoms with van der Waals surface area (Å²) in [5.41, 5.74) is 0. The molecule has 0 radical (unpaired) electrons. The topological polar surface area (TPSA) is 94.0 Å². The van der Waals surface area contributed by atoms with Gasteiger partial charge in [0.2, 0.25) is 11.8 Å². The van der Waals surface area contributed by atoms with E-state index in [4.69, 9.17) is 0 Å². The minimum atomic E-state index is -0.597. The van der Waals surface area contributed by atoms with Crippen LogP contribution in [0.2, 0.25) is 0 Å². The van der Waals surface area contributed by atoms with E-state index in [0.717, 1.165) is 12.8 Å². The van der Waals surface area contributed by atoms with Gasteiger partial charge in [0, 0.05) is 12.5 Å². The fourth-order valence-electron chi connectivity index (χ4n) is 3.51. The second kappa shape index (κ2) is 8.14. The third kappa shape index (κ3) is 4.44. The Bertz CT molecular complexity index is 440. The maximum Gasteiger partial charge on any atom is 0.238 e. The quantitative estimate of drug-likeness (QED) is 0.645. The Morgan fingerprint density at radius 3 is 2.64 bits per heavy atom. The van der Waals surface area contributed by atoms with E-state index in [1.165, 1.54) is 25.7 Å². The molecule has 0 aromatic rings. The summed E-state index contributed by atoms with van der Waals surface area (Å²) >= 11 is 0. The van der Waals surface area contributed by atoms with Crippen LogP contribution >= 0.6 is 0 Å². The zero-order valence-electron chi connectivity index (χ0n) is 13.2. The van der Waals surface area contributed by atoms with Crippen LogP contribution in [0, 0.1) is 23.2 Å². The molecule has 2 unspecified atom stereocenters. The summed E-state index contributed by atoms with van der Waals surface area (Å²) in [7, 11) is 1.78. The van der Waals surface area contributed by atoms with Crippen molar-refractivity contribution < 1.29 is 9.59 Å². The van der Waals surface area contributed by atoms with Gasteiger partial charge in [-0.05, 0) is 32.2 Å². The number of hydrogen-bond acceptors (Lipinski definition) is 4. The highest BCUT2D eigenvalue weighted by Gasteiger charge is 2.30. The van der Waals surface area contributed by atoms with Crippen molar-refractivity contribution in [3.8, 4) is 6.07 Å². The van der Waals surface area contributed by atoms with Gasteiger partial charge in [0.1, 0.15) is 6.04 Å². The monoisotopic (exact) mass is 306 g/mol. The molecule has 2 fully saturated rings. The van der Waals surface area contributed by atoms with E-state index < -0.39 is 6.04 Å². The van der Waals surface area contributed by atoms with Crippen LogP contribution in [0.3, 0.4) is 0 Å². The molecule has 6 nitrogen and oxygen atoms in total. The molecule has 3 N–H and O–H groups in total. The lowest BCUT2D eigenvalue weighted by molar-refractivity contribution is -0.125. The van der Waals surface area contributed by atoms with Gasteiger partial charge in [0.15, 0.2) is 0 Å². The molecule has 2 amide bonds. The van der Waals surface area contributed by atoms with Crippen molar-refractivity contribution in [3.05, 3.63) is 0 Å². The molecule has 0 aromatic carbocycles. The Morgan fingerprint density at radius 2 is 2.09 bits per heavy atom. The van der Waals surface area contributed by atoms with Crippen LogP contribution in [0.4, 0.5) is 0 Å². The van der Waals surface area contributed by atoms with Crippen LogP contribution in [0.1, 0.15) is 44.9 Å². The molecule has 6 heteroatoms. The molecule has 0 spiro atoms. The van der Waals surface area contributed by atoms with Gasteiger partial charge in [-0.3, -0.25) is 9.59 Å². The number of hydrogen-bond donors (Lipinski definition) is 3. The first-order valence-corrected chi connectivity index (χ1v) is 8.29. The summed E-state index contributed by atoms with van der Waals surface area (Å²) in [5, 5.41) is 17.9. The fraction of sp³-hybridized carbons (Fsp3) is 0.812. The highest BCUT2D eigenvalue weighted by Crippen LogP contribution is 2.28. The number of likely N-dealkylation sites (N-methyl/N-ethyl adjacent to an activating group) is 1. The second-order valence-electron chi connectivity index (χ2n) is 6.43. The summed E-state index contributed by atoms with van der Waals surface area (Å²) < 4.78 is 0. The number of nitrogens with zero attached hydrogens (tertiary/aromatic N) is 1. The molecule has 1 saturated carbocycles. The second-order valence-corrected chi connectivity index (χ2v) is 6.43. The molecule has 0 aromatic heterocycles. The van der Waals surface area contributed by atoms with Gasteiger partial charge < -0.3 is 16.0 Å². The third-order valence-corrected chi connectivity index (χ3v) is 4.86. The number of amides is 2. The Morgan fingerprint density at radius 1 is 1.36 bits per heavy atom. The minimum Gasteiger partial charge on any atom is -0.356 e. The molecular weight excluding hydrogens is 280 g/mol. The van der Waals surface area contributed by atoms with Crippen molar-refractivity contribution in [2.75, 3.05) is 13.6 Å². The normalized spacial score (nSPS) is 24.5. The van der Waals surface area contributed by atoms with Crippen molar-refractivity contribution in [1.29, 1.82) is 5.26 Å². The smallest absolute Gasteiger partial charge is 0.238 e. The number of nitrogens with one attached hydrogen (secondary N) is 3. The maximum atomic E-state index is 12.4. The number of carbonyl (C=O) groups is 2. The molecule has 3 atom stereocenters. The van der Waals surface area contributed by atoms with Gasteiger partial charge in [0.05, 0.1) is 12.1 Å². The Kier molecular flexibility index (Phi) is 6.20. The summed E-state index contributed by atoms with van der Waals surface area (Å²) in [6.07, 6.45) is 6.84. The first-order valence-electron chi connectivity index (χ1n) is 8.29. The average Bonchev–Trinajstić information content (AvgIpc) is 3.16. The molecule has 2 rings (SSSR count). The highest BCUT2D eigenvalue weighted by atomic mass is 16.2. The van der Waals surface area contributed by atoms with E-state index in [1.807, 2.05) is 0 Å². The van der Waals surface area contributed by atoms with Crippen molar-refractivity contribution in [1.82, 2.24) is 16.0 Å². The van der Waals surface area contributed by atoms with Crippen molar-refractivity contribution >= 4 is 11.8 Å². The van der Waals surface area contributed by atoms with Crippen LogP contribution in [-0.4, -0.2) is 37.5 Å². The van der Waals surface area contributed by atoms with E-state index in [-0.39, 0.29) is 23.8 Å². The van der Waals surface area contributed by atoms with Crippen LogP contribution < -0.4 is 16.0 Å². The van der Waals surface area contributed by atoms with Gasteiger partial charge in [-0.2, -0.15) is 5.26 Å². The molecule has 1 aliphatic heterocycles. The van der Waals surface area contributed by atoms with Crippen molar-refractivity contribution in [2.45, 2.75) is 57.0 Å². The average molecular weight is 306 g/mol. The SMILES string of the molecule is CN[C@@H](CC1CCCC1)C(=O)NC(C#N)CC1CCNC1=O. The Hall–Kier alpha value is -1.61. The third-order valence-electron chi connectivity index (χ3n) is 4.86. The lowest BCUT2D eigenvalue weighted by atomic mass is 9.96. The Labute approximate surface area is 132 Å². The van der Waals surface area contributed by atoms with Crippen molar-refractivity contribution in [2.24, 2.45) is 11.8 Å². The number of nitriles is 1. The van der Waals surface area contributed by atoms with E-state index in [0.29, 0.717) is 18.9 Å². The molecule has 1 saturated heterocycles. The maximum absolute atomic E-state index is 12.4. The summed E-state index contributed by atoms with van der Waals surface area (Å²) in [5.74, 6) is 0.308. The number of rotatable bonds is 7. The minimum absolute atomic E-state index is 0.00868. The largest absolute Gasteiger partial charge is 0.356 e. The molecule has 22 heavy (non-hydrogen) atoms. The van der Waals surface area contributed by atoms with Gasteiger partial charge in [-0.15, -0.1) is 0 Å². The summed E-state index contributed by atoms with van der Waals surface area (Å²) in [6, 6.07) is 1.26. The van der Waals surface area contributed by atoms with Crippen molar-refractivity contribution in [3.63, 3.8) is 0 Å². The predicted molar refractivity (Wildman–Crippen MR) is 82.7 cm³/mol. The molecule has 2 aliphatic rings. The van der Waals surface area contributed by atoms with Gasteiger partial charge in [-0.25, -0.2) is 0 Å². The molecule has 1 heterocycles. The van der Waals surface area contributed by atoms with E-state index in [2.05, 4.69) is 22.0 Å². The van der Waals surface area contributed by atoms with E-state index >= 15 is 0 Å². The lowest BCUT2D eigenvalue weighted by Crippen LogP contribution is -2.47. The zero-order chi connectivity index (χ0) is 15.9. The first-order chi connectivity index (χ1) is 10.6. The van der Waals surface area contributed by atoms with Crippen LogP contribution in [0.15, 0.2) is 0 Å². The molecule has 1 aliphatic carbocycles. The molecule has 122 valence electrons. The van der Waals surface area contributed by atoms with Crippen LogP contribution in [0.5, 0.6) is 0 Å². The highest BCUT2D eigenvalue weighted by molar-refractivity contribution is 5.83. The van der Waals surface area contributed by atoms with Crippen LogP contribution in [-0.2, 0) is 9.59 Å². The summed E-state index contributed by atoms with van der Waals surface area (Å²) in [4.78, 5) is 23.9. The molecule has 0 bridgehead atoms. The first kappa shape index (κ1) is 16.8. The number of carbonyl (C=O) groups excluding carboxylic acids is 2. The molecular formula is C16H26N4O2. The predicted octanol–water partition coefficient (Wildman–Crippen LogP) is 0.689. The van der Waals surface area contributed by atoms with Crippen LogP contribution in [0.25, 0.3) is 0 Å². The lowest BCUT2D eigenvalue weighted by Gasteiger charge is -2.22. The van der Waals surface area contributed by atoms with Gasteiger partial charge in [0.25, 0.3) is 0 Å². The van der Waals surface area contributed by atoms with E-state index in [9.17, 15) is 14.9 Å². The standard InChI is InChI=1S/C16H26N4O2/c1-18-14(8-11-4-2-3-5-11)16(22)20-13(10-17)9-12-6-7-19-15(12)21/h11-14,18H,2-9H2,1H3,(H,19,21)(H,20,22)/t12?,13?,14-/m0/s1.